The summed E-state index contributed by atoms with van der Waals surface area (Å²) in [5.74, 6) is 1.54. The molecule has 0 aliphatic carbocycles. The van der Waals surface area contributed by atoms with Gasteiger partial charge in [-0.3, -0.25) is 0 Å². The highest BCUT2D eigenvalue weighted by atomic mass is 16.1. The summed E-state index contributed by atoms with van der Waals surface area (Å²) in [6.45, 7) is 3.54. The molecular formula is C12H16N6O. The first-order chi connectivity index (χ1) is 9.29. The standard InChI is InChI=1S/C12H16N6O/c19-12-16-15-11-5-10(13-7-18(11)12)14-9-6-17-3-1-8(9)2-4-17/h5,7-9,14H,1-4,6H2,(H,16,19). The number of nitrogens with zero attached hydrogens (tertiary/aromatic N) is 4. The second-order valence-corrected chi connectivity index (χ2v) is 5.42. The van der Waals surface area contributed by atoms with E-state index in [4.69, 9.17) is 0 Å². The molecule has 5 heterocycles. The van der Waals surface area contributed by atoms with Crippen molar-refractivity contribution in [2.24, 2.45) is 5.92 Å². The van der Waals surface area contributed by atoms with E-state index in [-0.39, 0.29) is 5.69 Å². The largest absolute Gasteiger partial charge is 0.366 e. The van der Waals surface area contributed by atoms with Gasteiger partial charge in [0.15, 0.2) is 5.65 Å². The van der Waals surface area contributed by atoms with Crippen molar-refractivity contribution in [2.75, 3.05) is 25.0 Å². The molecule has 3 aliphatic rings. The van der Waals surface area contributed by atoms with E-state index in [1.807, 2.05) is 6.07 Å². The number of fused-ring (bicyclic) bond motifs is 4. The van der Waals surface area contributed by atoms with Gasteiger partial charge in [-0.2, -0.15) is 5.10 Å². The SMILES string of the molecule is O=c1[nH]nc2cc(NC3CN4CCC3CC4)ncn12. The lowest BCUT2D eigenvalue weighted by atomic mass is 9.84. The summed E-state index contributed by atoms with van der Waals surface area (Å²) in [6, 6.07) is 2.28. The summed E-state index contributed by atoms with van der Waals surface area (Å²) in [7, 11) is 0. The minimum absolute atomic E-state index is 0.253. The van der Waals surface area contributed by atoms with Gasteiger partial charge in [0.1, 0.15) is 12.1 Å². The molecule has 0 saturated carbocycles. The topological polar surface area (TPSA) is 78.3 Å². The molecule has 19 heavy (non-hydrogen) atoms. The van der Waals surface area contributed by atoms with Crippen molar-refractivity contribution in [3.63, 3.8) is 0 Å². The predicted molar refractivity (Wildman–Crippen MR) is 70.2 cm³/mol. The number of rotatable bonds is 2. The van der Waals surface area contributed by atoms with Crippen LogP contribution in [-0.2, 0) is 0 Å². The Morgan fingerprint density at radius 3 is 2.95 bits per heavy atom. The zero-order valence-corrected chi connectivity index (χ0v) is 10.5. The van der Waals surface area contributed by atoms with Gasteiger partial charge in [-0.25, -0.2) is 19.3 Å². The maximum atomic E-state index is 11.4. The van der Waals surface area contributed by atoms with E-state index in [9.17, 15) is 4.79 Å². The molecule has 1 unspecified atom stereocenters. The molecular weight excluding hydrogens is 244 g/mol. The van der Waals surface area contributed by atoms with E-state index in [0.717, 1.165) is 18.3 Å². The Balaban J connectivity index is 1.59. The summed E-state index contributed by atoms with van der Waals surface area (Å²) in [6.07, 6.45) is 4.05. The molecule has 3 saturated heterocycles. The van der Waals surface area contributed by atoms with Gasteiger partial charge in [0.25, 0.3) is 0 Å². The van der Waals surface area contributed by atoms with Crippen molar-refractivity contribution in [1.29, 1.82) is 0 Å². The Bertz CT molecular complexity index is 654. The molecule has 7 nitrogen and oxygen atoms in total. The van der Waals surface area contributed by atoms with E-state index < -0.39 is 0 Å². The average Bonchev–Trinajstić information content (AvgIpc) is 2.81. The van der Waals surface area contributed by atoms with Crippen LogP contribution < -0.4 is 11.0 Å². The Hall–Kier alpha value is -1.89. The van der Waals surface area contributed by atoms with E-state index >= 15 is 0 Å². The summed E-state index contributed by atoms with van der Waals surface area (Å²) >= 11 is 0. The van der Waals surface area contributed by atoms with Crippen LogP contribution >= 0.6 is 0 Å². The minimum atomic E-state index is -0.253. The van der Waals surface area contributed by atoms with Gasteiger partial charge in [0.2, 0.25) is 0 Å². The van der Waals surface area contributed by atoms with Gasteiger partial charge in [0, 0.05) is 18.7 Å². The summed E-state index contributed by atoms with van der Waals surface area (Å²) in [5, 5.41) is 9.86. The van der Waals surface area contributed by atoms with Crippen LogP contribution in [0.2, 0.25) is 0 Å². The third-order valence-corrected chi connectivity index (χ3v) is 4.30. The van der Waals surface area contributed by atoms with Crippen LogP contribution in [0.4, 0.5) is 5.82 Å². The van der Waals surface area contributed by atoms with Crippen molar-refractivity contribution in [1.82, 2.24) is 24.5 Å². The first-order valence-corrected chi connectivity index (χ1v) is 6.71. The molecule has 2 N–H and O–H groups in total. The minimum Gasteiger partial charge on any atom is -0.366 e. The second-order valence-electron chi connectivity index (χ2n) is 5.42. The average molecular weight is 260 g/mol. The van der Waals surface area contributed by atoms with Crippen LogP contribution in [0, 0.1) is 5.92 Å². The summed E-state index contributed by atoms with van der Waals surface area (Å²) < 4.78 is 1.40. The summed E-state index contributed by atoms with van der Waals surface area (Å²) in [5.41, 5.74) is 0.348. The fourth-order valence-corrected chi connectivity index (χ4v) is 3.21. The molecule has 2 bridgehead atoms. The Kier molecular flexibility index (Phi) is 2.34. The van der Waals surface area contributed by atoms with Crippen molar-refractivity contribution >= 4 is 11.5 Å². The zero-order chi connectivity index (χ0) is 12.8. The third kappa shape index (κ3) is 1.81. The molecule has 0 radical (unpaired) electrons. The van der Waals surface area contributed by atoms with E-state index in [1.165, 1.54) is 36.7 Å². The molecule has 3 fully saturated rings. The number of anilines is 1. The molecule has 2 aromatic heterocycles. The molecule has 5 rings (SSSR count). The van der Waals surface area contributed by atoms with E-state index in [2.05, 4.69) is 25.4 Å². The zero-order valence-electron chi connectivity index (χ0n) is 10.5. The Morgan fingerprint density at radius 2 is 2.21 bits per heavy atom. The van der Waals surface area contributed by atoms with Gasteiger partial charge in [0.05, 0.1) is 0 Å². The van der Waals surface area contributed by atoms with Crippen molar-refractivity contribution in [2.45, 2.75) is 18.9 Å². The monoisotopic (exact) mass is 260 g/mol. The highest BCUT2D eigenvalue weighted by Gasteiger charge is 2.34. The quantitative estimate of drug-likeness (QED) is 0.790. The highest BCUT2D eigenvalue weighted by Crippen LogP contribution is 2.29. The number of piperidine rings is 3. The molecule has 2 aromatic rings. The smallest absolute Gasteiger partial charge is 0.348 e. The molecule has 3 aliphatic heterocycles. The number of hydrogen-bond donors (Lipinski definition) is 2. The van der Waals surface area contributed by atoms with Gasteiger partial charge >= 0.3 is 5.69 Å². The third-order valence-electron chi connectivity index (χ3n) is 4.30. The number of aromatic nitrogens is 4. The maximum Gasteiger partial charge on any atom is 0.348 e. The van der Waals surface area contributed by atoms with Crippen LogP contribution in [0.1, 0.15) is 12.8 Å². The number of H-pyrrole nitrogens is 1. The Labute approximate surface area is 109 Å². The van der Waals surface area contributed by atoms with Crippen molar-refractivity contribution < 1.29 is 0 Å². The number of hydrogen-bond acceptors (Lipinski definition) is 5. The summed E-state index contributed by atoms with van der Waals surface area (Å²) in [4.78, 5) is 18.1. The van der Waals surface area contributed by atoms with Gasteiger partial charge in [-0.15, -0.1) is 0 Å². The van der Waals surface area contributed by atoms with Crippen LogP contribution in [0.15, 0.2) is 17.2 Å². The lowest BCUT2D eigenvalue weighted by Crippen LogP contribution is -2.53. The molecule has 100 valence electrons. The van der Waals surface area contributed by atoms with E-state index in [1.54, 1.807) is 0 Å². The van der Waals surface area contributed by atoms with Gasteiger partial charge in [-0.05, 0) is 31.8 Å². The van der Waals surface area contributed by atoms with Gasteiger partial charge in [-0.1, -0.05) is 0 Å². The van der Waals surface area contributed by atoms with Crippen molar-refractivity contribution in [3.05, 3.63) is 22.9 Å². The highest BCUT2D eigenvalue weighted by molar-refractivity contribution is 5.49. The van der Waals surface area contributed by atoms with Crippen LogP contribution in [0.25, 0.3) is 5.65 Å². The van der Waals surface area contributed by atoms with Crippen LogP contribution in [0.5, 0.6) is 0 Å². The number of aromatic amines is 1. The van der Waals surface area contributed by atoms with Crippen LogP contribution in [-0.4, -0.2) is 50.2 Å². The predicted octanol–water partition coefficient (Wildman–Crippen LogP) is -0.0763. The first kappa shape index (κ1) is 11.0. The lowest BCUT2D eigenvalue weighted by Gasteiger charge is -2.45. The molecule has 0 aromatic carbocycles. The van der Waals surface area contributed by atoms with Crippen LogP contribution in [0.3, 0.4) is 0 Å². The lowest BCUT2D eigenvalue weighted by molar-refractivity contribution is 0.0974. The molecule has 7 heteroatoms. The van der Waals surface area contributed by atoms with Gasteiger partial charge < -0.3 is 10.2 Å². The van der Waals surface area contributed by atoms with E-state index in [0.29, 0.717) is 11.7 Å². The fourth-order valence-electron chi connectivity index (χ4n) is 3.21. The molecule has 0 spiro atoms. The Morgan fingerprint density at radius 1 is 1.37 bits per heavy atom. The van der Waals surface area contributed by atoms with Crippen molar-refractivity contribution in [3.8, 4) is 0 Å². The molecule has 1 atom stereocenters. The molecule has 0 amide bonds. The number of nitrogens with one attached hydrogen (secondary N) is 2. The fraction of sp³-hybridized carbons (Fsp3) is 0.583. The normalized spacial score (nSPS) is 29.8. The second kappa shape index (κ2) is 4.06. The maximum absolute atomic E-state index is 11.4. The first-order valence-electron chi connectivity index (χ1n) is 6.71.